The molecule has 6 heteroatoms. The van der Waals surface area contributed by atoms with Crippen LogP contribution in [0.3, 0.4) is 0 Å². The Kier molecular flexibility index (Phi) is 5.22. The Morgan fingerprint density at radius 3 is 2.68 bits per heavy atom. The van der Waals surface area contributed by atoms with Gasteiger partial charge in [0, 0.05) is 44.3 Å². The van der Waals surface area contributed by atoms with Crippen LogP contribution < -0.4 is 11.3 Å². The largest absolute Gasteiger partial charge is 0.342 e. The van der Waals surface area contributed by atoms with Crippen molar-refractivity contribution in [2.45, 2.75) is 6.54 Å². The average molecular weight is 455 g/mol. The van der Waals surface area contributed by atoms with E-state index >= 15 is 0 Å². The number of nitrogens with zero attached hydrogens (tertiary/aromatic N) is 1. The lowest BCUT2D eigenvalue weighted by Gasteiger charge is -2.08. The van der Waals surface area contributed by atoms with Crippen molar-refractivity contribution in [1.29, 1.82) is 0 Å². The molecule has 0 unspecified atom stereocenters. The summed E-state index contributed by atoms with van der Waals surface area (Å²) in [7, 11) is 0. The number of carbonyl (C=O) groups excluding carboxylic acids is 1. The van der Waals surface area contributed by atoms with Crippen LogP contribution in [0.15, 0.2) is 77.4 Å². The molecule has 4 nitrogen and oxygen atoms in total. The Morgan fingerprint density at radius 1 is 1.07 bits per heavy atom. The maximum absolute atomic E-state index is 11.9. The molecule has 140 valence electrons. The Morgan fingerprint density at radius 2 is 1.89 bits per heavy atom. The first kappa shape index (κ1) is 18.7. The van der Waals surface area contributed by atoms with Crippen molar-refractivity contribution < 1.29 is 4.79 Å². The lowest BCUT2D eigenvalue weighted by molar-refractivity contribution is 0.0953. The van der Waals surface area contributed by atoms with E-state index < -0.39 is 0 Å². The zero-order valence-electron chi connectivity index (χ0n) is 14.8. The van der Waals surface area contributed by atoms with E-state index in [-0.39, 0.29) is 5.91 Å². The highest BCUT2D eigenvalue weighted by Crippen LogP contribution is 2.32. The predicted octanol–water partition coefficient (Wildman–Crippen LogP) is 5.38. The summed E-state index contributed by atoms with van der Waals surface area (Å²) < 4.78 is 3.13. The first-order valence-corrected chi connectivity index (χ1v) is 9.87. The third-order valence-corrected chi connectivity index (χ3v) is 5.56. The van der Waals surface area contributed by atoms with Gasteiger partial charge in [-0.05, 0) is 41.5 Å². The number of carbonyl (C=O) groups is 1. The second kappa shape index (κ2) is 7.80. The summed E-state index contributed by atoms with van der Waals surface area (Å²) in [6.07, 6.45) is 2.10. The number of nitrogens with one attached hydrogen (secondary N) is 1. The molecule has 4 rings (SSSR count). The SMILES string of the molecule is NNC(=O)c1cccc(-c2cn(Cc3ccc(Br)cc3Cl)c3ccccc23)c1. The fourth-order valence-corrected chi connectivity index (χ4v) is 4.09. The van der Waals surface area contributed by atoms with Crippen molar-refractivity contribution in [3.05, 3.63) is 93.5 Å². The molecule has 28 heavy (non-hydrogen) atoms. The summed E-state index contributed by atoms with van der Waals surface area (Å²) >= 11 is 9.87. The normalized spacial score (nSPS) is 11.0. The van der Waals surface area contributed by atoms with E-state index in [1.54, 1.807) is 6.07 Å². The number of fused-ring (bicyclic) bond motifs is 1. The van der Waals surface area contributed by atoms with Gasteiger partial charge in [0.25, 0.3) is 5.91 Å². The topological polar surface area (TPSA) is 60.0 Å². The van der Waals surface area contributed by atoms with Crippen molar-refractivity contribution in [2.24, 2.45) is 5.84 Å². The van der Waals surface area contributed by atoms with Gasteiger partial charge >= 0.3 is 0 Å². The number of hydrogen-bond acceptors (Lipinski definition) is 2. The minimum absolute atomic E-state index is 0.313. The van der Waals surface area contributed by atoms with Crippen LogP contribution in [0.1, 0.15) is 15.9 Å². The van der Waals surface area contributed by atoms with Crippen molar-refractivity contribution >= 4 is 44.3 Å². The van der Waals surface area contributed by atoms with Crippen molar-refractivity contribution in [3.8, 4) is 11.1 Å². The molecule has 0 fully saturated rings. The van der Waals surface area contributed by atoms with Crippen LogP contribution in [0.4, 0.5) is 0 Å². The van der Waals surface area contributed by atoms with Crippen molar-refractivity contribution in [1.82, 2.24) is 9.99 Å². The number of nitrogen functional groups attached to an aromatic ring is 1. The molecular formula is C22H17BrClN3O. The van der Waals surface area contributed by atoms with E-state index in [4.69, 9.17) is 17.4 Å². The highest BCUT2D eigenvalue weighted by Gasteiger charge is 2.13. The van der Waals surface area contributed by atoms with Crippen molar-refractivity contribution in [2.75, 3.05) is 0 Å². The van der Waals surface area contributed by atoms with Gasteiger partial charge in [0.2, 0.25) is 0 Å². The molecule has 0 saturated heterocycles. The number of hydrazine groups is 1. The van der Waals surface area contributed by atoms with Crippen molar-refractivity contribution in [3.63, 3.8) is 0 Å². The summed E-state index contributed by atoms with van der Waals surface area (Å²) in [4.78, 5) is 11.9. The van der Waals surface area contributed by atoms with Gasteiger partial charge in [0.05, 0.1) is 0 Å². The maximum Gasteiger partial charge on any atom is 0.265 e. The van der Waals surface area contributed by atoms with Gasteiger partial charge in [0.1, 0.15) is 0 Å². The van der Waals surface area contributed by atoms with E-state index in [0.29, 0.717) is 12.1 Å². The molecule has 1 heterocycles. The molecule has 0 aliphatic rings. The number of rotatable bonds is 4. The molecule has 3 N–H and O–H groups in total. The predicted molar refractivity (Wildman–Crippen MR) is 117 cm³/mol. The zero-order chi connectivity index (χ0) is 19.7. The van der Waals surface area contributed by atoms with Gasteiger partial charge in [-0.1, -0.05) is 63.9 Å². The van der Waals surface area contributed by atoms with Crippen LogP contribution in [0.2, 0.25) is 5.02 Å². The monoisotopic (exact) mass is 453 g/mol. The van der Waals surface area contributed by atoms with E-state index in [1.165, 1.54) is 0 Å². The van der Waals surface area contributed by atoms with Crippen LogP contribution in [-0.4, -0.2) is 10.5 Å². The summed E-state index contributed by atoms with van der Waals surface area (Å²) in [6.45, 7) is 0.648. The zero-order valence-corrected chi connectivity index (χ0v) is 17.2. The van der Waals surface area contributed by atoms with Crippen LogP contribution >= 0.6 is 27.5 Å². The minimum atomic E-state index is -0.313. The van der Waals surface area contributed by atoms with Gasteiger partial charge in [-0.15, -0.1) is 0 Å². The maximum atomic E-state index is 11.9. The van der Waals surface area contributed by atoms with E-state index in [0.717, 1.165) is 37.1 Å². The number of benzene rings is 3. The van der Waals surface area contributed by atoms with Crippen LogP contribution in [0, 0.1) is 0 Å². The number of hydrogen-bond donors (Lipinski definition) is 2. The molecule has 1 aromatic heterocycles. The Labute approximate surface area is 176 Å². The number of aromatic nitrogens is 1. The summed E-state index contributed by atoms with van der Waals surface area (Å²) in [5.74, 6) is 4.97. The number of amides is 1. The fraction of sp³-hybridized carbons (Fsp3) is 0.0455. The van der Waals surface area contributed by atoms with E-state index in [2.05, 4.69) is 44.3 Å². The second-order valence-electron chi connectivity index (χ2n) is 6.48. The fourth-order valence-electron chi connectivity index (χ4n) is 3.35. The minimum Gasteiger partial charge on any atom is -0.342 e. The molecule has 0 radical (unpaired) electrons. The van der Waals surface area contributed by atoms with E-state index in [1.807, 2.05) is 48.5 Å². The average Bonchev–Trinajstić information content (AvgIpc) is 3.08. The number of nitrogens with two attached hydrogens (primary N) is 1. The molecular weight excluding hydrogens is 438 g/mol. The molecule has 3 aromatic carbocycles. The smallest absolute Gasteiger partial charge is 0.265 e. The number of halogens is 2. The first-order chi connectivity index (χ1) is 13.6. The molecule has 0 aliphatic carbocycles. The lowest BCUT2D eigenvalue weighted by Crippen LogP contribution is -2.29. The van der Waals surface area contributed by atoms with E-state index in [9.17, 15) is 4.79 Å². The molecule has 0 bridgehead atoms. The van der Waals surface area contributed by atoms with Gasteiger partial charge in [-0.25, -0.2) is 5.84 Å². The molecule has 0 spiro atoms. The third-order valence-electron chi connectivity index (χ3n) is 4.71. The van der Waals surface area contributed by atoms with Crippen LogP contribution in [0.25, 0.3) is 22.0 Å². The number of para-hydroxylation sites is 1. The quantitative estimate of drug-likeness (QED) is 0.247. The highest BCUT2D eigenvalue weighted by atomic mass is 79.9. The molecule has 1 amide bonds. The molecule has 0 aliphatic heterocycles. The Bertz CT molecular complexity index is 1190. The second-order valence-corrected chi connectivity index (χ2v) is 7.80. The van der Waals surface area contributed by atoms with Gasteiger partial charge in [-0.2, -0.15) is 0 Å². The third kappa shape index (κ3) is 3.56. The summed E-state index contributed by atoms with van der Waals surface area (Å²) in [5, 5.41) is 1.83. The highest BCUT2D eigenvalue weighted by molar-refractivity contribution is 9.10. The molecule has 4 aromatic rings. The standard InChI is InChI=1S/C22H17BrClN3O/c23-17-9-8-16(20(24)11-17)12-27-13-19(18-6-1-2-7-21(18)27)14-4-3-5-15(10-14)22(28)26-25/h1-11,13H,12,25H2,(H,26,28). The van der Waals surface area contributed by atoms with Crippen LogP contribution in [-0.2, 0) is 6.54 Å². The Hall–Kier alpha value is -2.60. The van der Waals surface area contributed by atoms with Gasteiger partial charge < -0.3 is 4.57 Å². The molecule has 0 atom stereocenters. The molecule has 0 saturated carbocycles. The summed E-state index contributed by atoms with van der Waals surface area (Å²) in [5.41, 5.74) is 6.85. The van der Waals surface area contributed by atoms with Crippen LogP contribution in [0.5, 0.6) is 0 Å². The summed E-state index contributed by atoms with van der Waals surface area (Å²) in [6, 6.07) is 21.6. The first-order valence-electron chi connectivity index (χ1n) is 8.70. The van der Waals surface area contributed by atoms with Gasteiger partial charge in [-0.3, -0.25) is 10.2 Å². The Balaban J connectivity index is 1.82. The van der Waals surface area contributed by atoms with Gasteiger partial charge in [0.15, 0.2) is 0 Å². The lowest BCUT2D eigenvalue weighted by atomic mass is 10.0.